The zero-order valence-corrected chi connectivity index (χ0v) is 13.5. The van der Waals surface area contributed by atoms with Gasteiger partial charge >= 0.3 is 6.18 Å². The summed E-state index contributed by atoms with van der Waals surface area (Å²) in [6.45, 7) is 0.319. The van der Waals surface area contributed by atoms with Crippen molar-refractivity contribution in [3.63, 3.8) is 0 Å². The van der Waals surface area contributed by atoms with Crippen molar-refractivity contribution in [3.8, 4) is 0 Å². The van der Waals surface area contributed by atoms with E-state index in [-0.39, 0.29) is 0 Å². The number of anilines is 1. The molecule has 0 aliphatic rings. The second kappa shape index (κ2) is 6.46. The van der Waals surface area contributed by atoms with Gasteiger partial charge in [0.15, 0.2) is 0 Å². The standard InChI is InChI=1S/C14H9BrCl2F3N/c15-10-5-11(16)13(12(17)6-10)21-7-8-1-3-9(4-2-8)14(18,19)20/h1-6,21H,7H2. The smallest absolute Gasteiger partial charge is 0.379 e. The normalized spacial score (nSPS) is 11.5. The first kappa shape index (κ1) is 16.5. The highest BCUT2D eigenvalue weighted by atomic mass is 79.9. The van der Waals surface area contributed by atoms with Gasteiger partial charge in [0.1, 0.15) is 0 Å². The first-order chi connectivity index (χ1) is 9.77. The third-order valence-corrected chi connectivity index (χ3v) is 3.81. The van der Waals surface area contributed by atoms with E-state index in [2.05, 4.69) is 21.2 Å². The Kier molecular flexibility index (Phi) is 5.07. The molecular formula is C14H9BrCl2F3N. The lowest BCUT2D eigenvalue weighted by atomic mass is 10.1. The van der Waals surface area contributed by atoms with Crippen molar-refractivity contribution in [2.45, 2.75) is 12.7 Å². The molecular weight excluding hydrogens is 390 g/mol. The van der Waals surface area contributed by atoms with Crippen molar-refractivity contribution in [2.24, 2.45) is 0 Å². The molecule has 0 radical (unpaired) electrons. The largest absolute Gasteiger partial charge is 0.416 e. The van der Waals surface area contributed by atoms with Crippen LogP contribution in [0.2, 0.25) is 10.0 Å². The maximum absolute atomic E-state index is 12.5. The Morgan fingerprint density at radius 2 is 1.52 bits per heavy atom. The van der Waals surface area contributed by atoms with E-state index in [0.717, 1.165) is 16.6 Å². The molecule has 0 fully saturated rings. The van der Waals surface area contributed by atoms with Crippen LogP contribution < -0.4 is 5.32 Å². The van der Waals surface area contributed by atoms with Crippen LogP contribution in [0.5, 0.6) is 0 Å². The van der Waals surface area contributed by atoms with E-state index in [1.807, 2.05) is 0 Å². The molecule has 0 bridgehead atoms. The molecule has 0 spiro atoms. The summed E-state index contributed by atoms with van der Waals surface area (Å²) in [6, 6.07) is 8.28. The Morgan fingerprint density at radius 3 is 2.00 bits per heavy atom. The first-order valence-electron chi connectivity index (χ1n) is 5.82. The molecule has 0 atom stereocenters. The molecule has 2 rings (SSSR count). The molecule has 0 saturated heterocycles. The summed E-state index contributed by atoms with van der Waals surface area (Å²) < 4.78 is 38.1. The minimum atomic E-state index is -4.33. The van der Waals surface area contributed by atoms with Gasteiger partial charge < -0.3 is 5.32 Å². The van der Waals surface area contributed by atoms with Gasteiger partial charge in [0, 0.05) is 11.0 Å². The lowest BCUT2D eigenvalue weighted by Gasteiger charge is -2.12. The number of alkyl halides is 3. The van der Waals surface area contributed by atoms with Gasteiger partial charge in [-0.2, -0.15) is 13.2 Å². The van der Waals surface area contributed by atoms with Crippen LogP contribution in [0, 0.1) is 0 Å². The summed E-state index contributed by atoms with van der Waals surface area (Å²) in [4.78, 5) is 0. The zero-order valence-electron chi connectivity index (χ0n) is 10.4. The van der Waals surface area contributed by atoms with Crippen LogP contribution in [0.4, 0.5) is 18.9 Å². The second-order valence-corrected chi connectivity index (χ2v) is 6.02. The molecule has 0 amide bonds. The average molecular weight is 399 g/mol. The molecule has 7 heteroatoms. The summed E-state index contributed by atoms with van der Waals surface area (Å²) in [6.07, 6.45) is -4.33. The van der Waals surface area contributed by atoms with Crippen molar-refractivity contribution in [2.75, 3.05) is 5.32 Å². The van der Waals surface area contributed by atoms with E-state index in [4.69, 9.17) is 23.2 Å². The number of hydrogen-bond acceptors (Lipinski definition) is 1. The third kappa shape index (κ3) is 4.28. The number of nitrogens with one attached hydrogen (secondary N) is 1. The quantitative estimate of drug-likeness (QED) is 0.631. The molecule has 0 saturated carbocycles. The van der Waals surface area contributed by atoms with E-state index in [1.165, 1.54) is 12.1 Å². The second-order valence-electron chi connectivity index (χ2n) is 4.29. The summed E-state index contributed by atoms with van der Waals surface area (Å²) in [5.74, 6) is 0. The van der Waals surface area contributed by atoms with Crippen LogP contribution in [-0.4, -0.2) is 0 Å². The summed E-state index contributed by atoms with van der Waals surface area (Å²) in [7, 11) is 0. The number of rotatable bonds is 3. The van der Waals surface area contributed by atoms with Crippen LogP contribution in [-0.2, 0) is 12.7 Å². The van der Waals surface area contributed by atoms with Crippen LogP contribution >= 0.6 is 39.1 Å². The van der Waals surface area contributed by atoms with Crippen molar-refractivity contribution < 1.29 is 13.2 Å². The van der Waals surface area contributed by atoms with E-state index in [1.54, 1.807) is 12.1 Å². The molecule has 1 nitrogen and oxygen atoms in total. The number of benzene rings is 2. The Hall–Kier alpha value is -0.910. The van der Waals surface area contributed by atoms with Crippen molar-refractivity contribution >= 4 is 44.8 Å². The Morgan fingerprint density at radius 1 is 1.00 bits per heavy atom. The van der Waals surface area contributed by atoms with E-state index >= 15 is 0 Å². The lowest BCUT2D eigenvalue weighted by Crippen LogP contribution is -2.06. The number of halogens is 6. The molecule has 2 aromatic rings. The van der Waals surface area contributed by atoms with E-state index in [0.29, 0.717) is 27.8 Å². The molecule has 112 valence electrons. The van der Waals surface area contributed by atoms with Crippen molar-refractivity contribution in [1.29, 1.82) is 0 Å². The lowest BCUT2D eigenvalue weighted by molar-refractivity contribution is -0.137. The van der Waals surface area contributed by atoms with Gasteiger partial charge in [0.25, 0.3) is 0 Å². The fourth-order valence-corrected chi connectivity index (χ4v) is 3.06. The minimum absolute atomic E-state index is 0.319. The van der Waals surface area contributed by atoms with Gasteiger partial charge in [0.2, 0.25) is 0 Å². The van der Waals surface area contributed by atoms with Gasteiger partial charge in [-0.25, -0.2) is 0 Å². The maximum atomic E-state index is 12.5. The highest BCUT2D eigenvalue weighted by Gasteiger charge is 2.29. The van der Waals surface area contributed by atoms with Crippen molar-refractivity contribution in [3.05, 3.63) is 62.0 Å². The molecule has 21 heavy (non-hydrogen) atoms. The molecule has 0 heterocycles. The minimum Gasteiger partial charge on any atom is -0.379 e. The highest BCUT2D eigenvalue weighted by Crippen LogP contribution is 2.34. The van der Waals surface area contributed by atoms with Crippen LogP contribution in [0.1, 0.15) is 11.1 Å². The maximum Gasteiger partial charge on any atom is 0.416 e. The molecule has 0 unspecified atom stereocenters. The fraction of sp³-hybridized carbons (Fsp3) is 0.143. The zero-order chi connectivity index (χ0) is 15.6. The fourth-order valence-electron chi connectivity index (χ4n) is 1.71. The number of hydrogen-bond donors (Lipinski definition) is 1. The van der Waals surface area contributed by atoms with Crippen LogP contribution in [0.3, 0.4) is 0 Å². The predicted molar refractivity (Wildman–Crippen MR) is 82.9 cm³/mol. The van der Waals surface area contributed by atoms with E-state index in [9.17, 15) is 13.2 Å². The summed E-state index contributed by atoms with van der Waals surface area (Å²) in [5, 5.41) is 3.88. The molecule has 0 aromatic heterocycles. The van der Waals surface area contributed by atoms with E-state index < -0.39 is 11.7 Å². The highest BCUT2D eigenvalue weighted by molar-refractivity contribution is 9.10. The molecule has 0 aliphatic carbocycles. The molecule has 0 aliphatic heterocycles. The average Bonchev–Trinajstić information content (AvgIpc) is 2.37. The Bertz CT molecular complexity index is 619. The summed E-state index contributed by atoms with van der Waals surface area (Å²) >= 11 is 15.4. The van der Waals surface area contributed by atoms with Crippen molar-refractivity contribution in [1.82, 2.24) is 0 Å². The van der Waals surface area contributed by atoms with Crippen LogP contribution in [0.15, 0.2) is 40.9 Å². The monoisotopic (exact) mass is 397 g/mol. The predicted octanol–water partition coefficient (Wildman–Crippen LogP) is 6.39. The van der Waals surface area contributed by atoms with Gasteiger partial charge in [-0.3, -0.25) is 0 Å². The summed E-state index contributed by atoms with van der Waals surface area (Å²) in [5.41, 5.74) is 0.561. The third-order valence-electron chi connectivity index (χ3n) is 2.76. The molecule has 1 N–H and O–H groups in total. The SMILES string of the molecule is FC(F)(F)c1ccc(CNc2c(Cl)cc(Br)cc2Cl)cc1. The van der Waals surface area contributed by atoms with Gasteiger partial charge in [-0.05, 0) is 29.8 Å². The van der Waals surface area contributed by atoms with Gasteiger partial charge in [-0.15, -0.1) is 0 Å². The topological polar surface area (TPSA) is 12.0 Å². The van der Waals surface area contributed by atoms with Gasteiger partial charge in [0.05, 0.1) is 21.3 Å². The Labute approximate surface area is 138 Å². The first-order valence-corrected chi connectivity index (χ1v) is 7.37. The Balaban J connectivity index is 2.10. The van der Waals surface area contributed by atoms with Gasteiger partial charge in [-0.1, -0.05) is 51.3 Å². The van der Waals surface area contributed by atoms with Crippen LogP contribution in [0.25, 0.3) is 0 Å². The molecule has 2 aromatic carbocycles.